The maximum atomic E-state index is 12.4. The van der Waals surface area contributed by atoms with Gasteiger partial charge in [-0.3, -0.25) is 14.9 Å². The number of carbonyl (C=O) groups is 2. The van der Waals surface area contributed by atoms with Gasteiger partial charge in [0.25, 0.3) is 0 Å². The first-order valence-corrected chi connectivity index (χ1v) is 7.70. The first-order valence-electron chi connectivity index (χ1n) is 7.70. The molecule has 1 fully saturated rings. The number of aromatic nitrogens is 2. The summed E-state index contributed by atoms with van der Waals surface area (Å²) in [5.41, 5.74) is 1.72. The highest BCUT2D eigenvalue weighted by Gasteiger charge is 2.28. The molecule has 0 aliphatic carbocycles. The van der Waals surface area contributed by atoms with Crippen molar-refractivity contribution < 1.29 is 9.59 Å². The number of benzene rings is 1. The molecule has 6 heteroatoms. The summed E-state index contributed by atoms with van der Waals surface area (Å²) in [6.45, 7) is 3.10. The SMILES string of the molecule is CCC(=O)N1CCCC(C(=O)Nc2nc3ccccc3[nH]2)C1. The fourth-order valence-corrected chi connectivity index (χ4v) is 2.87. The Morgan fingerprint density at radius 1 is 1.41 bits per heavy atom. The number of nitrogens with one attached hydrogen (secondary N) is 2. The minimum Gasteiger partial charge on any atom is -0.342 e. The lowest BCUT2D eigenvalue weighted by molar-refractivity contribution is -0.134. The van der Waals surface area contributed by atoms with Crippen LogP contribution in [0.15, 0.2) is 24.3 Å². The van der Waals surface area contributed by atoms with Gasteiger partial charge in [-0.15, -0.1) is 0 Å². The maximum Gasteiger partial charge on any atom is 0.231 e. The largest absolute Gasteiger partial charge is 0.342 e. The van der Waals surface area contributed by atoms with Crippen molar-refractivity contribution in [3.05, 3.63) is 24.3 Å². The monoisotopic (exact) mass is 300 g/mol. The minimum atomic E-state index is -0.169. The van der Waals surface area contributed by atoms with Gasteiger partial charge in [0.15, 0.2) is 0 Å². The lowest BCUT2D eigenvalue weighted by Crippen LogP contribution is -2.43. The molecule has 1 aliphatic heterocycles. The van der Waals surface area contributed by atoms with Gasteiger partial charge in [-0.1, -0.05) is 19.1 Å². The molecular weight excluding hydrogens is 280 g/mol. The molecule has 2 heterocycles. The fraction of sp³-hybridized carbons (Fsp3) is 0.438. The van der Waals surface area contributed by atoms with Gasteiger partial charge >= 0.3 is 0 Å². The van der Waals surface area contributed by atoms with E-state index in [-0.39, 0.29) is 17.7 Å². The number of amides is 2. The second-order valence-corrected chi connectivity index (χ2v) is 5.62. The standard InChI is InChI=1S/C16H20N4O2/c1-2-14(21)20-9-5-6-11(10-20)15(22)19-16-17-12-7-3-4-8-13(12)18-16/h3-4,7-8,11H,2,5-6,9-10H2,1H3,(H2,17,18,19,22). The molecule has 0 spiro atoms. The summed E-state index contributed by atoms with van der Waals surface area (Å²) in [5, 5.41) is 2.83. The van der Waals surface area contributed by atoms with Crippen LogP contribution in [0.5, 0.6) is 0 Å². The Bertz CT molecular complexity index is 661. The number of imidazole rings is 1. The van der Waals surface area contributed by atoms with E-state index in [4.69, 9.17) is 0 Å². The van der Waals surface area contributed by atoms with Gasteiger partial charge in [-0.2, -0.15) is 0 Å². The van der Waals surface area contributed by atoms with Gasteiger partial charge in [-0.05, 0) is 25.0 Å². The number of fused-ring (bicyclic) bond motifs is 1. The van der Waals surface area contributed by atoms with E-state index in [9.17, 15) is 9.59 Å². The number of hydrogen-bond acceptors (Lipinski definition) is 3. The Morgan fingerprint density at radius 2 is 2.23 bits per heavy atom. The average molecular weight is 300 g/mol. The van der Waals surface area contributed by atoms with E-state index in [1.54, 1.807) is 4.90 Å². The Hall–Kier alpha value is -2.37. The van der Waals surface area contributed by atoms with Crippen molar-refractivity contribution in [2.45, 2.75) is 26.2 Å². The highest BCUT2D eigenvalue weighted by atomic mass is 16.2. The van der Waals surface area contributed by atoms with E-state index >= 15 is 0 Å². The predicted octanol–water partition coefficient (Wildman–Crippen LogP) is 2.15. The van der Waals surface area contributed by atoms with E-state index < -0.39 is 0 Å². The molecule has 116 valence electrons. The maximum absolute atomic E-state index is 12.4. The zero-order valence-electron chi connectivity index (χ0n) is 12.6. The molecule has 0 saturated carbocycles. The van der Waals surface area contributed by atoms with E-state index in [1.165, 1.54) is 0 Å². The third-order valence-corrected chi connectivity index (χ3v) is 4.08. The number of rotatable bonds is 3. The lowest BCUT2D eigenvalue weighted by atomic mass is 9.97. The molecule has 2 N–H and O–H groups in total. The summed E-state index contributed by atoms with van der Waals surface area (Å²) in [5.74, 6) is 0.330. The molecule has 1 saturated heterocycles. The van der Waals surface area contributed by atoms with Crippen LogP contribution in [-0.2, 0) is 9.59 Å². The Kier molecular flexibility index (Phi) is 4.09. The van der Waals surface area contributed by atoms with Crippen LogP contribution in [0.1, 0.15) is 26.2 Å². The van der Waals surface area contributed by atoms with Crippen LogP contribution in [-0.4, -0.2) is 39.8 Å². The van der Waals surface area contributed by atoms with Gasteiger partial charge in [0.2, 0.25) is 17.8 Å². The molecule has 6 nitrogen and oxygen atoms in total. The highest BCUT2D eigenvalue weighted by Crippen LogP contribution is 2.20. The highest BCUT2D eigenvalue weighted by molar-refractivity contribution is 5.93. The van der Waals surface area contributed by atoms with Gasteiger partial charge < -0.3 is 9.88 Å². The Balaban J connectivity index is 1.67. The smallest absolute Gasteiger partial charge is 0.231 e. The molecule has 3 rings (SSSR count). The van der Waals surface area contributed by atoms with Crippen LogP contribution < -0.4 is 5.32 Å². The molecular formula is C16H20N4O2. The quantitative estimate of drug-likeness (QED) is 0.911. The number of anilines is 1. The number of hydrogen-bond donors (Lipinski definition) is 2. The molecule has 1 aromatic carbocycles. The van der Waals surface area contributed by atoms with Gasteiger partial charge in [0.1, 0.15) is 0 Å². The van der Waals surface area contributed by atoms with Crippen LogP contribution in [0.25, 0.3) is 11.0 Å². The third-order valence-electron chi connectivity index (χ3n) is 4.08. The normalized spacial score (nSPS) is 18.4. The van der Waals surface area contributed by atoms with Crippen molar-refractivity contribution in [1.29, 1.82) is 0 Å². The molecule has 2 aromatic rings. The van der Waals surface area contributed by atoms with Gasteiger partial charge in [-0.25, -0.2) is 4.98 Å². The first kappa shape index (κ1) is 14.6. The number of carbonyl (C=O) groups excluding carboxylic acids is 2. The van der Waals surface area contributed by atoms with Crippen molar-refractivity contribution in [2.75, 3.05) is 18.4 Å². The Labute approximate surface area is 128 Å². The van der Waals surface area contributed by atoms with Gasteiger partial charge in [0.05, 0.1) is 17.0 Å². The molecule has 1 atom stereocenters. The molecule has 22 heavy (non-hydrogen) atoms. The summed E-state index contributed by atoms with van der Waals surface area (Å²) >= 11 is 0. The van der Waals surface area contributed by atoms with Crippen LogP contribution in [0.3, 0.4) is 0 Å². The number of nitrogens with zero attached hydrogens (tertiary/aromatic N) is 2. The predicted molar refractivity (Wildman–Crippen MR) is 84.3 cm³/mol. The summed E-state index contributed by atoms with van der Waals surface area (Å²) in [6, 6.07) is 7.63. The van der Waals surface area contributed by atoms with Crippen molar-refractivity contribution in [3.63, 3.8) is 0 Å². The van der Waals surface area contributed by atoms with Crippen molar-refractivity contribution >= 4 is 28.8 Å². The third kappa shape index (κ3) is 2.95. The number of para-hydroxylation sites is 2. The molecule has 0 bridgehead atoms. The minimum absolute atomic E-state index is 0.0762. The summed E-state index contributed by atoms with van der Waals surface area (Å²) in [6.07, 6.45) is 2.15. The molecule has 1 unspecified atom stereocenters. The van der Waals surface area contributed by atoms with Crippen molar-refractivity contribution in [3.8, 4) is 0 Å². The molecule has 1 aromatic heterocycles. The van der Waals surface area contributed by atoms with Gasteiger partial charge in [0, 0.05) is 19.5 Å². The zero-order chi connectivity index (χ0) is 15.5. The van der Waals surface area contributed by atoms with Crippen LogP contribution in [0.2, 0.25) is 0 Å². The summed E-state index contributed by atoms with van der Waals surface area (Å²) in [4.78, 5) is 33.4. The molecule has 1 aliphatic rings. The van der Waals surface area contributed by atoms with E-state index in [2.05, 4.69) is 15.3 Å². The summed E-state index contributed by atoms with van der Waals surface area (Å²) < 4.78 is 0. The van der Waals surface area contributed by atoms with E-state index in [0.29, 0.717) is 18.9 Å². The fourth-order valence-electron chi connectivity index (χ4n) is 2.87. The number of piperidine rings is 1. The van der Waals surface area contributed by atoms with E-state index in [1.807, 2.05) is 31.2 Å². The number of likely N-dealkylation sites (tertiary alicyclic amines) is 1. The van der Waals surface area contributed by atoms with Crippen molar-refractivity contribution in [2.24, 2.45) is 5.92 Å². The molecule has 0 radical (unpaired) electrons. The average Bonchev–Trinajstić information content (AvgIpc) is 2.96. The Morgan fingerprint density at radius 3 is 3.00 bits per heavy atom. The van der Waals surface area contributed by atoms with Crippen LogP contribution >= 0.6 is 0 Å². The van der Waals surface area contributed by atoms with Crippen molar-refractivity contribution in [1.82, 2.24) is 14.9 Å². The van der Waals surface area contributed by atoms with Crippen LogP contribution in [0, 0.1) is 5.92 Å². The zero-order valence-corrected chi connectivity index (χ0v) is 12.6. The second-order valence-electron chi connectivity index (χ2n) is 5.62. The lowest BCUT2D eigenvalue weighted by Gasteiger charge is -2.31. The first-order chi connectivity index (χ1) is 10.7. The topological polar surface area (TPSA) is 78.1 Å². The van der Waals surface area contributed by atoms with E-state index in [0.717, 1.165) is 30.4 Å². The number of aromatic amines is 1. The van der Waals surface area contributed by atoms with Crippen LogP contribution in [0.4, 0.5) is 5.95 Å². The summed E-state index contributed by atoms with van der Waals surface area (Å²) in [7, 11) is 0. The number of H-pyrrole nitrogens is 1. The molecule has 2 amide bonds. The second kappa shape index (κ2) is 6.17.